The van der Waals surface area contributed by atoms with Crippen molar-refractivity contribution in [2.24, 2.45) is 0 Å². The van der Waals surface area contributed by atoms with E-state index in [4.69, 9.17) is 10.5 Å². The van der Waals surface area contributed by atoms with Gasteiger partial charge in [-0.1, -0.05) is 30.3 Å². The molecule has 0 aliphatic carbocycles. The van der Waals surface area contributed by atoms with Crippen LogP contribution in [0.25, 0.3) is 23.0 Å². The lowest BCUT2D eigenvalue weighted by molar-refractivity contribution is -0.0511. The summed E-state index contributed by atoms with van der Waals surface area (Å²) in [4.78, 5) is 12.5. The molecule has 1 aliphatic heterocycles. The minimum atomic E-state index is -1.29. The fourth-order valence-corrected chi connectivity index (χ4v) is 3.17. The van der Waals surface area contributed by atoms with E-state index in [9.17, 15) is 20.4 Å². The van der Waals surface area contributed by atoms with Crippen LogP contribution in [0, 0.1) is 0 Å². The number of anilines is 1. The fourth-order valence-electron chi connectivity index (χ4n) is 3.17. The van der Waals surface area contributed by atoms with Gasteiger partial charge in [-0.05, 0) is 0 Å². The lowest BCUT2D eigenvalue weighted by atomic mass is 10.1. The van der Waals surface area contributed by atoms with Crippen molar-refractivity contribution >= 4 is 28.9 Å². The van der Waals surface area contributed by atoms with Crippen molar-refractivity contribution in [3.8, 4) is 0 Å². The highest BCUT2D eigenvalue weighted by atomic mass is 16.6. The van der Waals surface area contributed by atoms with Gasteiger partial charge in [-0.3, -0.25) is 4.57 Å². The summed E-state index contributed by atoms with van der Waals surface area (Å²) in [6.45, 7) is -0.447. The second-order valence-electron chi connectivity index (χ2n) is 6.42. The summed E-state index contributed by atoms with van der Waals surface area (Å²) in [6.07, 6.45) is -1.69. The molecular formula is C18H19N5O5. The second kappa shape index (κ2) is 7.17. The van der Waals surface area contributed by atoms with Gasteiger partial charge < -0.3 is 30.9 Å². The monoisotopic (exact) mass is 385 g/mol. The van der Waals surface area contributed by atoms with Gasteiger partial charge in [0.2, 0.25) is 5.95 Å². The van der Waals surface area contributed by atoms with Crippen LogP contribution in [-0.4, -0.2) is 64.9 Å². The first kappa shape index (κ1) is 18.3. The average Bonchev–Trinajstić information content (AvgIpc) is 3.23. The van der Waals surface area contributed by atoms with Gasteiger partial charge in [-0.15, -0.1) is 0 Å². The zero-order chi connectivity index (χ0) is 19.8. The first-order chi connectivity index (χ1) is 13.5. The highest BCUT2D eigenvalue weighted by molar-refractivity contribution is 5.87. The summed E-state index contributed by atoms with van der Waals surface area (Å²) in [6, 6.07) is 8.90. The van der Waals surface area contributed by atoms with Gasteiger partial charge in [0.15, 0.2) is 11.9 Å². The van der Waals surface area contributed by atoms with Crippen LogP contribution in [-0.2, 0) is 4.74 Å². The standard InChI is InChI=1S/C18H19N5O5/c19-18-21-10(6-11(25)9-4-2-1-3-5-9)13-16(22-18)23(8-20-13)17-15(27)14(26)12(7-24)28-17/h1-6,8,12,14-15,17,24-27H,7H2,(H2,19,21,22)/b11-6-. The smallest absolute Gasteiger partial charge is 0.222 e. The lowest BCUT2D eigenvalue weighted by Crippen LogP contribution is -2.33. The van der Waals surface area contributed by atoms with Crippen molar-refractivity contribution in [2.45, 2.75) is 24.5 Å². The van der Waals surface area contributed by atoms with Gasteiger partial charge in [-0.25, -0.2) is 9.97 Å². The van der Waals surface area contributed by atoms with Gasteiger partial charge in [0.25, 0.3) is 0 Å². The number of benzene rings is 1. The van der Waals surface area contributed by atoms with Crippen LogP contribution in [0.2, 0.25) is 0 Å². The summed E-state index contributed by atoms with van der Waals surface area (Å²) < 4.78 is 6.94. The van der Waals surface area contributed by atoms with Crippen molar-refractivity contribution in [3.63, 3.8) is 0 Å². The fraction of sp³-hybridized carbons (Fsp3) is 0.278. The first-order valence-corrected chi connectivity index (χ1v) is 8.58. The van der Waals surface area contributed by atoms with Crippen molar-refractivity contribution in [1.29, 1.82) is 0 Å². The van der Waals surface area contributed by atoms with Crippen molar-refractivity contribution < 1.29 is 25.2 Å². The maximum absolute atomic E-state index is 10.4. The number of aromatic nitrogens is 4. The molecule has 10 nitrogen and oxygen atoms in total. The number of nitrogens with zero attached hydrogens (tertiary/aromatic N) is 4. The first-order valence-electron chi connectivity index (χ1n) is 8.58. The van der Waals surface area contributed by atoms with E-state index in [0.717, 1.165) is 0 Å². The van der Waals surface area contributed by atoms with Gasteiger partial charge in [0.1, 0.15) is 35.3 Å². The molecule has 146 valence electrons. The van der Waals surface area contributed by atoms with Crippen molar-refractivity contribution in [3.05, 3.63) is 47.9 Å². The molecule has 0 saturated carbocycles. The van der Waals surface area contributed by atoms with E-state index in [1.54, 1.807) is 24.3 Å². The Hall–Kier alpha value is -3.05. The summed E-state index contributed by atoms with van der Waals surface area (Å²) in [5.74, 6) is -0.0874. The molecule has 0 radical (unpaired) electrons. The molecule has 1 aliphatic rings. The third-order valence-electron chi connectivity index (χ3n) is 4.60. The van der Waals surface area contributed by atoms with Gasteiger partial charge >= 0.3 is 0 Å². The van der Waals surface area contributed by atoms with Crippen molar-refractivity contribution in [1.82, 2.24) is 19.5 Å². The van der Waals surface area contributed by atoms with Crippen LogP contribution in [0.5, 0.6) is 0 Å². The Morgan fingerprint density at radius 1 is 1.18 bits per heavy atom. The summed E-state index contributed by atoms with van der Waals surface area (Å²) >= 11 is 0. The molecule has 10 heteroatoms. The SMILES string of the molecule is Nc1nc(/C=C(\O)c2ccccc2)c2ncn(C3OC(CO)C(O)C3O)c2n1. The summed E-state index contributed by atoms with van der Waals surface area (Å²) in [7, 11) is 0. The third-order valence-corrected chi connectivity index (χ3v) is 4.60. The van der Waals surface area contributed by atoms with Gasteiger partial charge in [-0.2, -0.15) is 4.98 Å². The van der Waals surface area contributed by atoms with Gasteiger partial charge in [0, 0.05) is 11.6 Å². The average molecular weight is 385 g/mol. The van der Waals surface area contributed by atoms with Gasteiger partial charge in [0.05, 0.1) is 12.9 Å². The zero-order valence-corrected chi connectivity index (χ0v) is 14.6. The number of nitrogen functional groups attached to an aromatic ring is 1. The minimum absolute atomic E-state index is 0.0255. The van der Waals surface area contributed by atoms with E-state index >= 15 is 0 Å². The Labute approximate surface area is 159 Å². The molecule has 6 N–H and O–H groups in total. The Morgan fingerprint density at radius 3 is 2.61 bits per heavy atom. The molecule has 3 heterocycles. The highest BCUT2D eigenvalue weighted by Crippen LogP contribution is 2.32. The lowest BCUT2D eigenvalue weighted by Gasteiger charge is -2.16. The summed E-state index contributed by atoms with van der Waals surface area (Å²) in [5, 5.41) is 39.9. The van der Waals surface area contributed by atoms with E-state index in [0.29, 0.717) is 11.1 Å². The number of rotatable bonds is 4. The van der Waals surface area contributed by atoms with Crippen LogP contribution in [0.3, 0.4) is 0 Å². The highest BCUT2D eigenvalue weighted by Gasteiger charge is 2.44. The predicted molar refractivity (Wildman–Crippen MR) is 99.7 cm³/mol. The molecule has 1 saturated heterocycles. The van der Waals surface area contributed by atoms with Crippen LogP contribution in [0.1, 0.15) is 17.5 Å². The number of fused-ring (bicyclic) bond motifs is 1. The predicted octanol–water partition coefficient (Wildman–Crippen LogP) is 0.0761. The number of nitrogens with two attached hydrogens (primary N) is 1. The second-order valence-corrected chi connectivity index (χ2v) is 6.42. The van der Waals surface area contributed by atoms with E-state index in [-0.39, 0.29) is 23.0 Å². The van der Waals surface area contributed by atoms with Crippen LogP contribution in [0.15, 0.2) is 36.7 Å². The normalized spacial score (nSPS) is 25.5. The quantitative estimate of drug-likeness (QED) is 0.392. The number of aliphatic hydroxyl groups excluding tert-OH is 4. The number of imidazole rings is 1. The molecule has 0 bridgehead atoms. The molecule has 28 heavy (non-hydrogen) atoms. The number of hydrogen-bond acceptors (Lipinski definition) is 9. The number of aliphatic hydroxyl groups is 4. The van der Waals surface area contributed by atoms with E-state index in [1.165, 1.54) is 17.0 Å². The Bertz CT molecular complexity index is 1020. The van der Waals surface area contributed by atoms with E-state index in [1.807, 2.05) is 6.07 Å². The van der Waals surface area contributed by atoms with Crippen LogP contribution >= 0.6 is 0 Å². The molecular weight excluding hydrogens is 366 g/mol. The molecule has 1 fully saturated rings. The Balaban J connectivity index is 1.78. The maximum Gasteiger partial charge on any atom is 0.222 e. The minimum Gasteiger partial charge on any atom is -0.507 e. The third kappa shape index (κ3) is 3.08. The zero-order valence-electron chi connectivity index (χ0n) is 14.6. The van der Waals surface area contributed by atoms with E-state index in [2.05, 4.69) is 15.0 Å². The molecule has 3 aromatic rings. The Kier molecular flexibility index (Phi) is 4.69. The Morgan fingerprint density at radius 2 is 1.93 bits per heavy atom. The largest absolute Gasteiger partial charge is 0.507 e. The molecule has 4 atom stereocenters. The van der Waals surface area contributed by atoms with Crippen LogP contribution < -0.4 is 5.73 Å². The topological polar surface area (TPSA) is 160 Å². The molecule has 1 aromatic carbocycles. The molecule has 0 amide bonds. The van der Waals surface area contributed by atoms with Crippen molar-refractivity contribution in [2.75, 3.05) is 12.3 Å². The number of hydrogen-bond donors (Lipinski definition) is 5. The maximum atomic E-state index is 10.4. The summed E-state index contributed by atoms with van der Waals surface area (Å²) in [5.41, 5.74) is 7.28. The molecule has 0 spiro atoms. The molecule has 2 aromatic heterocycles. The molecule has 4 unspecified atom stereocenters. The van der Waals surface area contributed by atoms with Crippen LogP contribution in [0.4, 0.5) is 5.95 Å². The molecule has 4 rings (SSSR count). The number of ether oxygens (including phenoxy) is 1. The van der Waals surface area contributed by atoms with E-state index < -0.39 is 31.1 Å².